The molecular weight excluding hydrogens is 487 g/mol. The minimum Gasteiger partial charge on any atom is -0.546 e. The van der Waals surface area contributed by atoms with Gasteiger partial charge in [-0.15, -0.1) is 0 Å². The van der Waals surface area contributed by atoms with Crippen molar-refractivity contribution in [3.8, 4) is 16.9 Å². The van der Waals surface area contributed by atoms with Gasteiger partial charge in [0.25, 0.3) is 0 Å². The zero-order chi connectivity index (χ0) is 24.7. The van der Waals surface area contributed by atoms with Gasteiger partial charge in [-0.2, -0.15) is 4.31 Å². The van der Waals surface area contributed by atoms with Gasteiger partial charge in [0, 0.05) is 25.5 Å². The van der Waals surface area contributed by atoms with Crippen molar-refractivity contribution in [3.63, 3.8) is 0 Å². The topological polar surface area (TPSA) is 99.6 Å². The molecule has 0 radical (unpaired) electrons. The molecule has 9 heteroatoms. The number of ether oxygens (including phenoxy) is 1. The first kappa shape index (κ1) is 27.6. The minimum atomic E-state index is -3.82. The van der Waals surface area contributed by atoms with E-state index in [4.69, 9.17) is 4.74 Å². The van der Waals surface area contributed by atoms with Crippen LogP contribution in [0, 0.1) is 0 Å². The number of carboxylic acids is 1. The van der Waals surface area contributed by atoms with E-state index in [-0.39, 0.29) is 47.5 Å². The molecule has 7 nitrogen and oxygen atoms in total. The van der Waals surface area contributed by atoms with E-state index in [1.807, 2.05) is 36.4 Å². The van der Waals surface area contributed by atoms with Crippen LogP contribution in [0.15, 0.2) is 108 Å². The average molecular weight is 511 g/mol. The molecule has 4 aromatic rings. The second-order valence-corrected chi connectivity index (χ2v) is 9.77. The molecule has 1 aromatic heterocycles. The number of aliphatic carboxylic acids is 1. The van der Waals surface area contributed by atoms with Crippen molar-refractivity contribution in [2.45, 2.75) is 18.0 Å². The summed E-state index contributed by atoms with van der Waals surface area (Å²) in [5.41, 5.74) is 3.44. The van der Waals surface area contributed by atoms with Crippen LogP contribution in [0.3, 0.4) is 0 Å². The van der Waals surface area contributed by atoms with E-state index in [2.05, 4.69) is 4.98 Å². The fourth-order valence-electron chi connectivity index (χ4n) is 3.59. The fourth-order valence-corrected chi connectivity index (χ4v) is 5.02. The molecule has 178 valence electrons. The zero-order valence-electron chi connectivity index (χ0n) is 19.8. The van der Waals surface area contributed by atoms with E-state index in [9.17, 15) is 18.3 Å². The summed E-state index contributed by atoms with van der Waals surface area (Å²) in [5, 5.41) is 10.7. The van der Waals surface area contributed by atoms with Crippen LogP contribution in [-0.2, 0) is 27.9 Å². The molecule has 0 N–H and O–H groups in total. The molecule has 4 rings (SSSR count). The molecular formula is C27H23N2NaO5S. The molecule has 3 aromatic carbocycles. The van der Waals surface area contributed by atoms with Gasteiger partial charge in [-0.1, -0.05) is 60.7 Å². The van der Waals surface area contributed by atoms with E-state index in [1.165, 1.54) is 4.31 Å². The number of nitrogens with zero attached hydrogens (tertiary/aromatic N) is 2. The Bertz CT molecular complexity index is 1380. The van der Waals surface area contributed by atoms with Crippen LogP contribution < -0.4 is 39.4 Å². The van der Waals surface area contributed by atoms with Gasteiger partial charge in [0.2, 0.25) is 10.0 Å². The normalized spacial score (nSPS) is 11.0. The molecule has 0 unspecified atom stereocenters. The van der Waals surface area contributed by atoms with Gasteiger partial charge in [-0.05, 0) is 52.6 Å². The monoisotopic (exact) mass is 510 g/mol. The molecule has 0 aliphatic heterocycles. The van der Waals surface area contributed by atoms with Crippen molar-refractivity contribution < 1.29 is 52.6 Å². The smallest absolute Gasteiger partial charge is 0.546 e. The summed E-state index contributed by atoms with van der Waals surface area (Å²) in [6.45, 7) is -0.364. The van der Waals surface area contributed by atoms with Crippen LogP contribution in [-0.4, -0.2) is 30.3 Å². The first-order chi connectivity index (χ1) is 16.9. The zero-order valence-corrected chi connectivity index (χ0v) is 22.6. The van der Waals surface area contributed by atoms with Crippen molar-refractivity contribution in [1.29, 1.82) is 0 Å². The first-order valence-electron chi connectivity index (χ1n) is 10.9. The molecule has 0 saturated heterocycles. The number of hydrogen-bond donors (Lipinski definition) is 0. The summed E-state index contributed by atoms with van der Waals surface area (Å²) in [6, 6.07) is 26.4. The van der Waals surface area contributed by atoms with Crippen molar-refractivity contribution in [2.24, 2.45) is 0 Å². The molecule has 36 heavy (non-hydrogen) atoms. The van der Waals surface area contributed by atoms with Gasteiger partial charge in [-0.25, -0.2) is 8.42 Å². The molecule has 0 bridgehead atoms. The van der Waals surface area contributed by atoms with E-state index in [0.717, 1.165) is 16.7 Å². The van der Waals surface area contributed by atoms with Crippen molar-refractivity contribution in [1.82, 2.24) is 9.29 Å². The molecule has 0 aliphatic rings. The maximum absolute atomic E-state index is 13.5. The summed E-state index contributed by atoms with van der Waals surface area (Å²) >= 11 is 0. The van der Waals surface area contributed by atoms with Crippen molar-refractivity contribution >= 4 is 16.0 Å². The maximum Gasteiger partial charge on any atom is 1.00 e. The van der Waals surface area contributed by atoms with Crippen LogP contribution in [0.2, 0.25) is 0 Å². The van der Waals surface area contributed by atoms with Crippen LogP contribution in [0.5, 0.6) is 5.75 Å². The first-order valence-corrected chi connectivity index (χ1v) is 12.3. The van der Waals surface area contributed by atoms with Crippen LogP contribution >= 0.6 is 0 Å². The number of aromatic nitrogens is 1. The standard InChI is InChI=1S/C27H24N2O5S.Na/c30-27(31)20-34-25-8-4-6-22(16-25)19-29(35(32,33)26-9-2-1-3-10-26)18-21-11-13-23(14-12-21)24-7-5-15-28-17-24;/h1-17H,18-20H2,(H,30,31);/q;+1/p-1. The Morgan fingerprint density at radius 2 is 1.56 bits per heavy atom. The van der Waals surface area contributed by atoms with Gasteiger partial charge in [0.15, 0.2) is 0 Å². The van der Waals surface area contributed by atoms with E-state index >= 15 is 0 Å². The number of carbonyl (C=O) groups is 1. The Hall–Kier alpha value is -3.01. The maximum atomic E-state index is 13.5. The van der Waals surface area contributed by atoms with Crippen LogP contribution in [0.25, 0.3) is 11.1 Å². The second-order valence-electron chi connectivity index (χ2n) is 7.83. The number of carbonyl (C=O) groups excluding carboxylic acids is 1. The molecule has 0 aliphatic carbocycles. The van der Waals surface area contributed by atoms with E-state index in [0.29, 0.717) is 11.3 Å². The number of sulfonamides is 1. The van der Waals surface area contributed by atoms with Crippen LogP contribution in [0.1, 0.15) is 11.1 Å². The molecule has 0 fully saturated rings. The predicted molar refractivity (Wildman–Crippen MR) is 129 cm³/mol. The second kappa shape index (κ2) is 12.8. The number of pyridine rings is 1. The summed E-state index contributed by atoms with van der Waals surface area (Å²) in [4.78, 5) is 15.0. The molecule has 0 saturated carbocycles. The minimum absolute atomic E-state index is 0. The Kier molecular flexibility index (Phi) is 9.81. The molecule has 0 spiro atoms. The SMILES string of the molecule is O=C([O-])COc1cccc(CN(Cc2ccc(-c3cccnc3)cc2)S(=O)(=O)c2ccccc2)c1.[Na+]. The largest absolute Gasteiger partial charge is 1.00 e. The van der Waals surface area contributed by atoms with Crippen molar-refractivity contribution in [2.75, 3.05) is 6.61 Å². The van der Waals surface area contributed by atoms with Gasteiger partial charge in [0.1, 0.15) is 12.4 Å². The average Bonchev–Trinajstić information content (AvgIpc) is 2.89. The van der Waals surface area contributed by atoms with Gasteiger partial charge in [0.05, 0.1) is 10.9 Å². The number of benzene rings is 3. The molecule has 1 heterocycles. The summed E-state index contributed by atoms with van der Waals surface area (Å²) < 4.78 is 33.6. The summed E-state index contributed by atoms with van der Waals surface area (Å²) in [7, 11) is -3.82. The molecule has 0 amide bonds. The number of hydrogen-bond acceptors (Lipinski definition) is 6. The quantitative estimate of drug-likeness (QED) is 0.284. The van der Waals surface area contributed by atoms with Gasteiger partial charge in [-0.3, -0.25) is 4.98 Å². The van der Waals surface area contributed by atoms with Gasteiger partial charge >= 0.3 is 29.6 Å². The number of rotatable bonds is 10. The third-order valence-electron chi connectivity index (χ3n) is 5.30. The van der Waals surface area contributed by atoms with E-state index < -0.39 is 22.6 Å². The Labute approximate surface area is 232 Å². The Morgan fingerprint density at radius 1 is 0.833 bits per heavy atom. The Morgan fingerprint density at radius 3 is 2.22 bits per heavy atom. The summed E-state index contributed by atoms with van der Waals surface area (Å²) in [6.07, 6.45) is 3.49. The van der Waals surface area contributed by atoms with Crippen molar-refractivity contribution in [3.05, 3.63) is 115 Å². The Balaban J connectivity index is 0.00000361. The molecule has 0 atom stereocenters. The number of carboxylic acid groups (broad SMARTS) is 1. The third-order valence-corrected chi connectivity index (χ3v) is 7.11. The summed E-state index contributed by atoms with van der Waals surface area (Å²) in [5.74, 6) is -1.01. The van der Waals surface area contributed by atoms with Crippen LogP contribution in [0.4, 0.5) is 0 Å². The predicted octanol–water partition coefficient (Wildman–Crippen LogP) is 0.272. The third kappa shape index (κ3) is 7.25. The fraction of sp³-hybridized carbons (Fsp3) is 0.111. The van der Waals surface area contributed by atoms with Gasteiger partial charge < -0.3 is 14.6 Å². The van der Waals surface area contributed by atoms with E-state index in [1.54, 1.807) is 67.0 Å².